The number of fused-ring (bicyclic) bond motifs is 3. The molecule has 5 heteroatoms. The van der Waals surface area contributed by atoms with Crippen molar-refractivity contribution in [2.75, 3.05) is 31.6 Å². The lowest BCUT2D eigenvalue weighted by Crippen LogP contribution is -2.43. The number of rotatable bonds is 0. The number of benzene rings is 2. The molecule has 1 saturated heterocycles. The standard InChI is InChI=1S/C21H23N3.2ClH/c1-15-16-6-5-7-17-20(16)24(19-9-4-3-8-18(19)22-15)14-21(17)10-12-23(2)13-11-21;;/h3-9H,10-14H2,1-2H3;2*1H. The number of hydrogen-bond donors (Lipinski definition) is 0. The Morgan fingerprint density at radius 2 is 1.69 bits per heavy atom. The molecule has 0 aliphatic carbocycles. The summed E-state index contributed by atoms with van der Waals surface area (Å²) in [5.74, 6) is 0. The molecule has 1 fully saturated rings. The average molecular weight is 390 g/mol. The number of aliphatic imine (C=N–C) groups is 1. The van der Waals surface area contributed by atoms with E-state index >= 15 is 0 Å². The zero-order chi connectivity index (χ0) is 16.3. The zero-order valence-electron chi connectivity index (χ0n) is 15.2. The van der Waals surface area contributed by atoms with Crippen molar-refractivity contribution in [1.82, 2.24) is 4.90 Å². The first-order valence-corrected chi connectivity index (χ1v) is 8.92. The number of piperidine rings is 1. The normalized spacial score (nSPS) is 19.6. The third kappa shape index (κ3) is 2.65. The molecular formula is C21H25Cl2N3. The highest BCUT2D eigenvalue weighted by molar-refractivity contribution is 6.09. The Morgan fingerprint density at radius 1 is 0.962 bits per heavy atom. The molecule has 0 unspecified atom stereocenters. The number of nitrogens with zero attached hydrogens (tertiary/aromatic N) is 3. The fraction of sp³-hybridized carbons (Fsp3) is 0.381. The van der Waals surface area contributed by atoms with Crippen LogP contribution in [0.25, 0.3) is 0 Å². The average Bonchev–Trinajstić information content (AvgIpc) is 2.86. The molecule has 0 bridgehead atoms. The van der Waals surface area contributed by atoms with Gasteiger partial charge in [0.1, 0.15) is 0 Å². The van der Waals surface area contributed by atoms with Crippen LogP contribution in [-0.2, 0) is 5.41 Å². The molecule has 3 aliphatic heterocycles. The van der Waals surface area contributed by atoms with E-state index in [1.165, 1.54) is 42.9 Å². The third-order valence-electron chi connectivity index (χ3n) is 6.13. The SMILES string of the molecule is CC1=Nc2ccccc2N2CC3(CCN(C)CC3)c3cccc1c32.Cl.Cl. The maximum Gasteiger partial charge on any atom is 0.0870 e. The minimum atomic E-state index is 0. The molecule has 0 saturated carbocycles. The molecule has 26 heavy (non-hydrogen) atoms. The van der Waals surface area contributed by atoms with E-state index in [1.54, 1.807) is 5.56 Å². The Bertz CT molecular complexity index is 854. The number of halogens is 2. The largest absolute Gasteiger partial charge is 0.338 e. The van der Waals surface area contributed by atoms with Gasteiger partial charge < -0.3 is 9.80 Å². The van der Waals surface area contributed by atoms with Crippen LogP contribution in [0.15, 0.2) is 47.5 Å². The molecule has 3 nitrogen and oxygen atoms in total. The molecule has 2 aromatic rings. The van der Waals surface area contributed by atoms with Crippen molar-refractivity contribution in [3.63, 3.8) is 0 Å². The van der Waals surface area contributed by atoms with Crippen LogP contribution in [0.3, 0.4) is 0 Å². The summed E-state index contributed by atoms with van der Waals surface area (Å²) in [7, 11) is 2.24. The predicted molar refractivity (Wildman–Crippen MR) is 115 cm³/mol. The molecule has 2 aromatic carbocycles. The third-order valence-corrected chi connectivity index (χ3v) is 6.13. The Hall–Kier alpha value is -1.55. The highest BCUT2D eigenvalue weighted by Crippen LogP contribution is 2.53. The first-order valence-electron chi connectivity index (χ1n) is 8.92. The van der Waals surface area contributed by atoms with Crippen LogP contribution in [0.5, 0.6) is 0 Å². The minimum absolute atomic E-state index is 0. The highest BCUT2D eigenvalue weighted by atomic mass is 35.5. The fourth-order valence-electron chi connectivity index (χ4n) is 4.73. The Labute approximate surface area is 167 Å². The van der Waals surface area contributed by atoms with E-state index in [2.05, 4.69) is 66.2 Å². The maximum atomic E-state index is 4.92. The molecule has 3 heterocycles. The van der Waals surface area contributed by atoms with Crippen molar-refractivity contribution in [1.29, 1.82) is 0 Å². The highest BCUT2D eigenvalue weighted by Gasteiger charge is 2.46. The monoisotopic (exact) mass is 389 g/mol. The van der Waals surface area contributed by atoms with Crippen molar-refractivity contribution in [2.24, 2.45) is 4.99 Å². The van der Waals surface area contributed by atoms with Crippen molar-refractivity contribution in [3.8, 4) is 0 Å². The smallest absolute Gasteiger partial charge is 0.0870 e. The molecule has 5 rings (SSSR count). The number of para-hydroxylation sites is 3. The summed E-state index contributed by atoms with van der Waals surface area (Å²) >= 11 is 0. The Kier molecular flexibility index (Phi) is 5.08. The molecule has 0 N–H and O–H groups in total. The van der Waals surface area contributed by atoms with Gasteiger partial charge in [0.15, 0.2) is 0 Å². The van der Waals surface area contributed by atoms with E-state index in [0.29, 0.717) is 5.41 Å². The molecule has 0 atom stereocenters. The van der Waals surface area contributed by atoms with E-state index in [9.17, 15) is 0 Å². The van der Waals surface area contributed by atoms with E-state index in [0.717, 1.165) is 17.9 Å². The van der Waals surface area contributed by atoms with Crippen LogP contribution >= 0.6 is 24.8 Å². The Morgan fingerprint density at radius 3 is 2.46 bits per heavy atom. The lowest BCUT2D eigenvalue weighted by molar-refractivity contribution is 0.198. The predicted octanol–water partition coefficient (Wildman–Crippen LogP) is 5.10. The first kappa shape index (κ1) is 19.2. The summed E-state index contributed by atoms with van der Waals surface area (Å²) < 4.78 is 0. The molecule has 3 aliphatic rings. The molecule has 0 aromatic heterocycles. The second-order valence-corrected chi connectivity index (χ2v) is 7.56. The molecule has 0 radical (unpaired) electrons. The van der Waals surface area contributed by atoms with Crippen LogP contribution in [-0.4, -0.2) is 37.3 Å². The van der Waals surface area contributed by atoms with E-state index in [-0.39, 0.29) is 24.8 Å². The lowest BCUT2D eigenvalue weighted by Gasteiger charge is -2.38. The van der Waals surface area contributed by atoms with Crippen molar-refractivity contribution >= 4 is 47.6 Å². The van der Waals surface area contributed by atoms with Gasteiger partial charge in [-0.1, -0.05) is 30.3 Å². The summed E-state index contributed by atoms with van der Waals surface area (Å²) in [6.45, 7) is 5.61. The van der Waals surface area contributed by atoms with Gasteiger partial charge in [-0.15, -0.1) is 24.8 Å². The van der Waals surface area contributed by atoms with Crippen molar-refractivity contribution in [2.45, 2.75) is 25.2 Å². The van der Waals surface area contributed by atoms with Gasteiger partial charge in [-0.25, -0.2) is 0 Å². The van der Waals surface area contributed by atoms with Crippen LogP contribution in [0, 0.1) is 0 Å². The second-order valence-electron chi connectivity index (χ2n) is 7.56. The van der Waals surface area contributed by atoms with Crippen molar-refractivity contribution < 1.29 is 0 Å². The van der Waals surface area contributed by atoms with E-state index < -0.39 is 0 Å². The number of hydrogen-bond acceptors (Lipinski definition) is 3. The molecule has 138 valence electrons. The Balaban J connectivity index is 0.000000980. The topological polar surface area (TPSA) is 18.8 Å². The summed E-state index contributed by atoms with van der Waals surface area (Å²) in [5, 5.41) is 0. The zero-order valence-corrected chi connectivity index (χ0v) is 16.9. The summed E-state index contributed by atoms with van der Waals surface area (Å²) in [6, 6.07) is 15.4. The number of anilines is 2. The van der Waals surface area contributed by atoms with E-state index in [4.69, 9.17) is 4.99 Å². The van der Waals surface area contributed by atoms with Crippen LogP contribution in [0.1, 0.15) is 30.9 Å². The van der Waals surface area contributed by atoms with Gasteiger partial charge >= 0.3 is 0 Å². The van der Waals surface area contributed by atoms with Gasteiger partial charge in [0.05, 0.1) is 17.1 Å². The maximum absolute atomic E-state index is 4.92. The minimum Gasteiger partial charge on any atom is -0.338 e. The van der Waals surface area contributed by atoms with Gasteiger partial charge in [0.25, 0.3) is 0 Å². The van der Waals surface area contributed by atoms with Crippen LogP contribution in [0.4, 0.5) is 17.1 Å². The van der Waals surface area contributed by atoms with Gasteiger partial charge in [0, 0.05) is 23.2 Å². The van der Waals surface area contributed by atoms with Crippen LogP contribution < -0.4 is 4.90 Å². The van der Waals surface area contributed by atoms with Crippen molar-refractivity contribution in [3.05, 3.63) is 53.6 Å². The van der Waals surface area contributed by atoms with Gasteiger partial charge in [-0.3, -0.25) is 4.99 Å². The van der Waals surface area contributed by atoms with Gasteiger partial charge in [-0.2, -0.15) is 0 Å². The summed E-state index contributed by atoms with van der Waals surface area (Å²) in [4.78, 5) is 9.93. The number of likely N-dealkylation sites (tertiary alicyclic amines) is 1. The molecule has 1 spiro atoms. The van der Waals surface area contributed by atoms with Gasteiger partial charge in [0.2, 0.25) is 0 Å². The molecular weight excluding hydrogens is 365 g/mol. The lowest BCUT2D eigenvalue weighted by atomic mass is 9.74. The fourth-order valence-corrected chi connectivity index (χ4v) is 4.73. The second kappa shape index (κ2) is 6.88. The summed E-state index contributed by atoms with van der Waals surface area (Å²) in [6.07, 6.45) is 2.49. The quantitative estimate of drug-likeness (QED) is 0.623. The van der Waals surface area contributed by atoms with Crippen LogP contribution in [0.2, 0.25) is 0 Å². The molecule has 0 amide bonds. The summed E-state index contributed by atoms with van der Waals surface area (Å²) in [5.41, 5.74) is 8.04. The van der Waals surface area contributed by atoms with Gasteiger partial charge in [-0.05, 0) is 57.6 Å². The first-order chi connectivity index (χ1) is 11.7. The van der Waals surface area contributed by atoms with E-state index in [1.807, 2.05) is 0 Å².